The highest BCUT2D eigenvalue weighted by Gasteiger charge is 2.57. The number of nitrogens with two attached hydrogens (primary N) is 1. The van der Waals surface area contributed by atoms with Gasteiger partial charge in [0.05, 0.1) is 12.3 Å². The van der Waals surface area contributed by atoms with Crippen LogP contribution in [0, 0.1) is 17.2 Å². The number of anilines is 1. The number of aromatic nitrogens is 3. The molecule has 2 fully saturated rings. The van der Waals surface area contributed by atoms with Crippen LogP contribution in [0.15, 0.2) is 18.5 Å². The SMILES string of the molecule is N#C[C@@]1(c2ccc3c(N)ncnn23)O[C@H](COC(=O)OCC2CCCC2)[C@@H](O)[C@H]1O. The third-order valence-electron chi connectivity index (χ3n) is 5.76. The summed E-state index contributed by atoms with van der Waals surface area (Å²) in [6.45, 7) is -0.0967. The molecule has 4 atom stereocenters. The van der Waals surface area contributed by atoms with Crippen LogP contribution in [0.1, 0.15) is 31.4 Å². The number of fused-ring (bicyclic) bond motifs is 1. The maximum absolute atomic E-state index is 11.9. The molecule has 0 radical (unpaired) electrons. The lowest BCUT2D eigenvalue weighted by molar-refractivity contribution is -0.0726. The highest BCUT2D eigenvalue weighted by atomic mass is 16.7. The zero-order valence-corrected chi connectivity index (χ0v) is 16.2. The van der Waals surface area contributed by atoms with Crippen LogP contribution in [0.25, 0.3) is 5.52 Å². The van der Waals surface area contributed by atoms with Gasteiger partial charge in [0.15, 0.2) is 5.82 Å². The summed E-state index contributed by atoms with van der Waals surface area (Å²) < 4.78 is 17.2. The van der Waals surface area contributed by atoms with Crippen molar-refractivity contribution in [1.29, 1.82) is 5.26 Å². The molecule has 0 aromatic carbocycles. The van der Waals surface area contributed by atoms with E-state index in [1.54, 1.807) is 6.07 Å². The largest absolute Gasteiger partial charge is 0.508 e. The molecule has 0 bridgehead atoms. The molecule has 1 saturated carbocycles. The van der Waals surface area contributed by atoms with E-state index in [0.29, 0.717) is 11.4 Å². The predicted molar refractivity (Wildman–Crippen MR) is 101 cm³/mol. The second-order valence-electron chi connectivity index (χ2n) is 7.62. The van der Waals surface area contributed by atoms with E-state index in [4.69, 9.17) is 19.9 Å². The number of nitrogens with zero attached hydrogens (tertiary/aromatic N) is 4. The highest BCUT2D eigenvalue weighted by Crippen LogP contribution is 2.40. The third kappa shape index (κ3) is 3.43. The average molecular weight is 417 g/mol. The molecule has 0 unspecified atom stereocenters. The van der Waals surface area contributed by atoms with E-state index in [-0.39, 0.29) is 24.7 Å². The fourth-order valence-corrected chi connectivity index (χ4v) is 4.11. The van der Waals surface area contributed by atoms with Crippen LogP contribution in [0.5, 0.6) is 0 Å². The molecule has 0 amide bonds. The Kier molecular flexibility index (Phi) is 5.46. The number of hydrogen-bond acceptors (Lipinski definition) is 10. The first kappa shape index (κ1) is 20.3. The van der Waals surface area contributed by atoms with Gasteiger partial charge in [-0.3, -0.25) is 0 Å². The van der Waals surface area contributed by atoms with Crippen molar-refractivity contribution < 1.29 is 29.2 Å². The molecule has 30 heavy (non-hydrogen) atoms. The number of hydrogen-bond donors (Lipinski definition) is 3. The fourth-order valence-electron chi connectivity index (χ4n) is 4.11. The molecule has 1 saturated heterocycles. The van der Waals surface area contributed by atoms with Gasteiger partial charge in [-0.1, -0.05) is 12.8 Å². The molecular weight excluding hydrogens is 394 g/mol. The quantitative estimate of drug-likeness (QED) is 0.583. The summed E-state index contributed by atoms with van der Waals surface area (Å²) in [4.78, 5) is 15.8. The van der Waals surface area contributed by atoms with Crippen LogP contribution in [0.4, 0.5) is 10.6 Å². The van der Waals surface area contributed by atoms with Crippen LogP contribution < -0.4 is 5.73 Å². The van der Waals surface area contributed by atoms with E-state index in [2.05, 4.69) is 10.1 Å². The Balaban J connectivity index is 1.46. The van der Waals surface area contributed by atoms with Gasteiger partial charge in [-0.15, -0.1) is 0 Å². The first-order chi connectivity index (χ1) is 14.5. The molecular formula is C19H23N5O6. The minimum absolute atomic E-state index is 0.173. The van der Waals surface area contributed by atoms with E-state index in [1.165, 1.54) is 16.9 Å². The van der Waals surface area contributed by atoms with Gasteiger partial charge in [-0.25, -0.2) is 14.3 Å². The summed E-state index contributed by atoms with van der Waals surface area (Å²) in [5, 5.41) is 35.0. The van der Waals surface area contributed by atoms with Crippen LogP contribution in [-0.4, -0.2) is 62.5 Å². The number of rotatable bonds is 5. The Morgan fingerprint density at radius 1 is 1.33 bits per heavy atom. The van der Waals surface area contributed by atoms with Gasteiger partial charge >= 0.3 is 6.16 Å². The molecule has 2 aliphatic rings. The summed E-state index contributed by atoms with van der Waals surface area (Å²) in [5.74, 6) is 0.526. The van der Waals surface area contributed by atoms with Gasteiger partial charge in [0, 0.05) is 0 Å². The van der Waals surface area contributed by atoms with E-state index >= 15 is 0 Å². The van der Waals surface area contributed by atoms with Crippen LogP contribution in [0.2, 0.25) is 0 Å². The molecule has 11 nitrogen and oxygen atoms in total. The summed E-state index contributed by atoms with van der Waals surface area (Å²) in [5.41, 5.74) is 4.47. The number of ether oxygens (including phenoxy) is 3. The first-order valence-corrected chi connectivity index (χ1v) is 9.79. The Bertz CT molecular complexity index is 968. The van der Waals surface area contributed by atoms with Crippen LogP contribution in [0.3, 0.4) is 0 Å². The molecule has 0 spiro atoms. The average Bonchev–Trinajstić information content (AvgIpc) is 3.47. The van der Waals surface area contributed by atoms with Crippen LogP contribution in [-0.2, 0) is 19.8 Å². The summed E-state index contributed by atoms with van der Waals surface area (Å²) in [6.07, 6.45) is 0.405. The third-order valence-corrected chi connectivity index (χ3v) is 5.76. The molecule has 3 heterocycles. The van der Waals surface area contributed by atoms with Crippen molar-refractivity contribution in [3.05, 3.63) is 24.2 Å². The number of carbonyl (C=O) groups excluding carboxylic acids is 1. The number of nitrogen functional groups attached to an aromatic ring is 1. The Morgan fingerprint density at radius 2 is 2.07 bits per heavy atom. The predicted octanol–water partition coefficient (Wildman–Crippen LogP) is 0.494. The standard InChI is InChI=1S/C19H23N5O6/c20-9-19(14-6-5-12-17(21)22-10-23-24(12)14)16(26)15(25)13(30-19)8-29-18(27)28-7-11-3-1-2-4-11/h5-6,10-11,13,15-16,25-26H,1-4,7-8H2,(H2,21,22,23)/t13-,15-,16-,19+/m1/s1. The van der Waals surface area contributed by atoms with Gasteiger partial charge in [-0.05, 0) is 30.9 Å². The number of aliphatic hydroxyl groups excluding tert-OH is 2. The van der Waals surface area contributed by atoms with Crippen molar-refractivity contribution in [3.63, 3.8) is 0 Å². The van der Waals surface area contributed by atoms with E-state index in [1.807, 2.05) is 6.07 Å². The maximum atomic E-state index is 11.9. The molecule has 11 heteroatoms. The molecule has 1 aliphatic carbocycles. The summed E-state index contributed by atoms with van der Waals surface area (Å²) in [7, 11) is 0. The van der Waals surface area contributed by atoms with Gasteiger partial charge < -0.3 is 30.2 Å². The number of carbonyl (C=O) groups is 1. The number of aliphatic hydroxyl groups is 2. The summed E-state index contributed by atoms with van der Waals surface area (Å²) in [6, 6.07) is 5.02. The van der Waals surface area contributed by atoms with Gasteiger partial charge in [-0.2, -0.15) is 10.4 Å². The molecule has 4 rings (SSSR count). The second-order valence-corrected chi connectivity index (χ2v) is 7.62. The Morgan fingerprint density at radius 3 is 2.80 bits per heavy atom. The lowest BCUT2D eigenvalue weighted by atomic mass is 9.92. The van der Waals surface area contributed by atoms with E-state index < -0.39 is 30.1 Å². The summed E-state index contributed by atoms with van der Waals surface area (Å²) >= 11 is 0. The van der Waals surface area contributed by atoms with Crippen molar-refractivity contribution in [2.24, 2.45) is 5.92 Å². The molecule has 2 aromatic rings. The first-order valence-electron chi connectivity index (χ1n) is 9.79. The minimum atomic E-state index is -1.94. The highest BCUT2D eigenvalue weighted by molar-refractivity contribution is 5.66. The molecule has 2 aromatic heterocycles. The smallest absolute Gasteiger partial charge is 0.434 e. The van der Waals surface area contributed by atoms with Crippen molar-refractivity contribution in [3.8, 4) is 6.07 Å². The van der Waals surface area contributed by atoms with Gasteiger partial charge in [0.2, 0.25) is 5.60 Å². The Labute approximate surface area is 172 Å². The van der Waals surface area contributed by atoms with Crippen LogP contribution >= 0.6 is 0 Å². The van der Waals surface area contributed by atoms with E-state index in [9.17, 15) is 20.3 Å². The minimum Gasteiger partial charge on any atom is -0.434 e. The molecule has 1 aliphatic heterocycles. The normalized spacial score (nSPS) is 29.2. The monoisotopic (exact) mass is 417 g/mol. The Hall–Kier alpha value is -2.94. The fraction of sp³-hybridized carbons (Fsp3) is 0.579. The number of nitriles is 1. The maximum Gasteiger partial charge on any atom is 0.508 e. The molecule has 4 N–H and O–H groups in total. The lowest BCUT2D eigenvalue weighted by Crippen LogP contribution is -2.41. The lowest BCUT2D eigenvalue weighted by Gasteiger charge is -2.24. The topological polar surface area (TPSA) is 165 Å². The van der Waals surface area contributed by atoms with Crippen molar-refractivity contribution in [2.75, 3.05) is 18.9 Å². The van der Waals surface area contributed by atoms with Gasteiger partial charge in [0.25, 0.3) is 0 Å². The van der Waals surface area contributed by atoms with E-state index in [0.717, 1.165) is 25.7 Å². The van der Waals surface area contributed by atoms with Crippen molar-refractivity contribution in [2.45, 2.75) is 49.6 Å². The molecule has 160 valence electrons. The second kappa shape index (κ2) is 8.06. The van der Waals surface area contributed by atoms with Gasteiger partial charge in [0.1, 0.15) is 42.8 Å². The van der Waals surface area contributed by atoms with Crippen molar-refractivity contribution >= 4 is 17.5 Å². The zero-order chi connectivity index (χ0) is 21.3. The zero-order valence-electron chi connectivity index (χ0n) is 16.2. The van der Waals surface area contributed by atoms with Crippen molar-refractivity contribution in [1.82, 2.24) is 14.6 Å².